The zero-order valence-electron chi connectivity index (χ0n) is 15.1. The number of para-hydroxylation sites is 1. The van der Waals surface area contributed by atoms with Crippen LogP contribution in [0, 0.1) is 11.8 Å². The fourth-order valence-electron chi connectivity index (χ4n) is 4.60. The van der Waals surface area contributed by atoms with E-state index in [-0.39, 0.29) is 23.8 Å². The quantitative estimate of drug-likeness (QED) is 0.759. The van der Waals surface area contributed by atoms with Gasteiger partial charge in [-0.05, 0) is 42.7 Å². The summed E-state index contributed by atoms with van der Waals surface area (Å²) in [5.41, 5.74) is 3.68. The molecule has 1 aliphatic heterocycles. The summed E-state index contributed by atoms with van der Waals surface area (Å²) in [4.78, 5) is 19.5. The number of benzene rings is 2. The van der Waals surface area contributed by atoms with Crippen LogP contribution in [0.3, 0.4) is 0 Å². The number of likely N-dealkylation sites (tertiary alicyclic amines) is 1. The minimum absolute atomic E-state index is 0.0643. The van der Waals surface area contributed by atoms with E-state index in [1.807, 2.05) is 53.6 Å². The number of aliphatic hydroxyl groups excluding tert-OH is 1. The number of aromatic nitrogens is 1. The molecule has 27 heavy (non-hydrogen) atoms. The lowest BCUT2D eigenvalue weighted by Crippen LogP contribution is -2.47. The lowest BCUT2D eigenvalue weighted by atomic mass is 9.94. The first-order chi connectivity index (χ1) is 13.2. The van der Waals surface area contributed by atoms with Gasteiger partial charge in [0.25, 0.3) is 5.91 Å². The number of carbonyl (C=O) groups excluding carboxylic acids is 1. The second-order valence-electron chi connectivity index (χ2n) is 7.80. The molecule has 5 rings (SSSR count). The second-order valence-corrected chi connectivity index (χ2v) is 7.80. The van der Waals surface area contributed by atoms with E-state index in [2.05, 4.69) is 17.1 Å². The number of hydrogen-bond acceptors (Lipinski definition) is 3. The summed E-state index contributed by atoms with van der Waals surface area (Å²) in [6, 6.07) is 18.0. The first-order valence-corrected chi connectivity index (χ1v) is 9.61. The van der Waals surface area contributed by atoms with Crippen LogP contribution in [-0.4, -0.2) is 40.1 Å². The first-order valence-electron chi connectivity index (χ1n) is 9.61. The molecule has 2 bridgehead atoms. The molecular weight excluding hydrogens is 336 g/mol. The number of aliphatic hydroxyl groups is 1. The SMILES string of the molecule is O=C(c1cccc(-c2cnc3ccccc3c2)c1)N1C[C@H]2CC[C@@H](C1)C2O. The summed E-state index contributed by atoms with van der Waals surface area (Å²) in [7, 11) is 0. The van der Waals surface area contributed by atoms with Crippen molar-refractivity contribution in [2.45, 2.75) is 18.9 Å². The molecule has 4 nitrogen and oxygen atoms in total. The Balaban J connectivity index is 1.44. The van der Waals surface area contributed by atoms with Gasteiger partial charge in [-0.2, -0.15) is 0 Å². The average Bonchev–Trinajstić information content (AvgIpc) is 2.93. The fraction of sp³-hybridized carbons (Fsp3) is 0.304. The highest BCUT2D eigenvalue weighted by Crippen LogP contribution is 2.37. The van der Waals surface area contributed by atoms with Crippen molar-refractivity contribution < 1.29 is 9.90 Å². The summed E-state index contributed by atoms with van der Waals surface area (Å²) in [6.45, 7) is 1.33. The standard InChI is InChI=1S/C23H22N2O2/c26-22-18-8-9-19(22)14-25(13-18)23(27)17-6-3-5-15(10-17)20-11-16-4-1-2-7-21(16)24-12-20/h1-7,10-12,18-19,22,26H,8-9,13-14H2/t18-,19+,22?. The van der Waals surface area contributed by atoms with Gasteiger partial charge in [-0.15, -0.1) is 0 Å². The van der Waals surface area contributed by atoms with Crippen LogP contribution >= 0.6 is 0 Å². The molecule has 1 saturated heterocycles. The highest BCUT2D eigenvalue weighted by Gasteiger charge is 2.42. The number of fused-ring (bicyclic) bond motifs is 3. The molecule has 2 aliphatic rings. The normalized spacial score (nSPS) is 24.3. The Morgan fingerprint density at radius 2 is 1.74 bits per heavy atom. The van der Waals surface area contributed by atoms with E-state index in [9.17, 15) is 9.90 Å². The van der Waals surface area contributed by atoms with Crippen molar-refractivity contribution in [1.29, 1.82) is 0 Å². The minimum atomic E-state index is -0.232. The number of nitrogens with zero attached hydrogens (tertiary/aromatic N) is 2. The molecule has 1 aliphatic carbocycles. The van der Waals surface area contributed by atoms with Crippen LogP contribution < -0.4 is 0 Å². The maximum atomic E-state index is 13.0. The largest absolute Gasteiger partial charge is 0.392 e. The van der Waals surface area contributed by atoms with Crippen molar-refractivity contribution >= 4 is 16.8 Å². The zero-order chi connectivity index (χ0) is 18.4. The van der Waals surface area contributed by atoms with Gasteiger partial charge in [0.1, 0.15) is 0 Å². The van der Waals surface area contributed by atoms with Crippen molar-refractivity contribution in [3.05, 3.63) is 66.4 Å². The monoisotopic (exact) mass is 358 g/mol. The Bertz CT molecular complexity index is 1000. The average molecular weight is 358 g/mol. The number of carbonyl (C=O) groups is 1. The molecule has 4 heteroatoms. The van der Waals surface area contributed by atoms with Crippen LogP contribution in [-0.2, 0) is 0 Å². The van der Waals surface area contributed by atoms with E-state index >= 15 is 0 Å². The smallest absolute Gasteiger partial charge is 0.253 e. The molecule has 1 N–H and O–H groups in total. The molecule has 0 radical (unpaired) electrons. The topological polar surface area (TPSA) is 53.4 Å². The number of pyridine rings is 1. The zero-order valence-corrected chi connectivity index (χ0v) is 15.1. The molecule has 2 aromatic carbocycles. The molecular formula is C23H22N2O2. The number of hydrogen-bond donors (Lipinski definition) is 1. The molecule has 0 spiro atoms. The molecule has 3 aromatic rings. The van der Waals surface area contributed by atoms with Crippen LogP contribution in [0.2, 0.25) is 0 Å². The maximum Gasteiger partial charge on any atom is 0.253 e. The Hall–Kier alpha value is -2.72. The van der Waals surface area contributed by atoms with Crippen LogP contribution in [0.5, 0.6) is 0 Å². The lowest BCUT2D eigenvalue weighted by molar-refractivity contribution is 0.0166. The summed E-state index contributed by atoms with van der Waals surface area (Å²) >= 11 is 0. The van der Waals surface area contributed by atoms with Gasteiger partial charge in [0.05, 0.1) is 11.6 Å². The third-order valence-electron chi connectivity index (χ3n) is 6.10. The number of piperidine rings is 1. The minimum Gasteiger partial charge on any atom is -0.392 e. The predicted molar refractivity (Wildman–Crippen MR) is 105 cm³/mol. The molecule has 1 amide bonds. The summed E-state index contributed by atoms with van der Waals surface area (Å²) < 4.78 is 0. The van der Waals surface area contributed by atoms with E-state index < -0.39 is 0 Å². The van der Waals surface area contributed by atoms with E-state index in [4.69, 9.17) is 0 Å². The third kappa shape index (κ3) is 2.90. The fourth-order valence-corrected chi connectivity index (χ4v) is 4.60. The lowest BCUT2D eigenvalue weighted by Gasteiger charge is -2.35. The highest BCUT2D eigenvalue weighted by atomic mass is 16.3. The Morgan fingerprint density at radius 1 is 0.963 bits per heavy atom. The van der Waals surface area contributed by atoms with Gasteiger partial charge in [-0.25, -0.2) is 0 Å². The molecule has 2 heterocycles. The van der Waals surface area contributed by atoms with Crippen molar-refractivity contribution in [2.24, 2.45) is 11.8 Å². The van der Waals surface area contributed by atoms with Gasteiger partial charge in [-0.1, -0.05) is 30.3 Å². The van der Waals surface area contributed by atoms with Gasteiger partial charge < -0.3 is 10.0 Å². The number of amides is 1. The van der Waals surface area contributed by atoms with Gasteiger partial charge in [-0.3, -0.25) is 9.78 Å². The summed E-state index contributed by atoms with van der Waals surface area (Å²) in [6.07, 6.45) is 3.68. The predicted octanol–water partition coefficient (Wildman–Crippen LogP) is 3.74. The van der Waals surface area contributed by atoms with Crippen molar-refractivity contribution in [3.63, 3.8) is 0 Å². The van der Waals surface area contributed by atoms with E-state index in [1.165, 1.54) is 0 Å². The third-order valence-corrected chi connectivity index (χ3v) is 6.10. The van der Waals surface area contributed by atoms with Crippen molar-refractivity contribution in [2.75, 3.05) is 13.1 Å². The summed E-state index contributed by atoms with van der Waals surface area (Å²) in [5, 5.41) is 11.3. The van der Waals surface area contributed by atoms with Gasteiger partial charge in [0.2, 0.25) is 0 Å². The molecule has 136 valence electrons. The van der Waals surface area contributed by atoms with Crippen molar-refractivity contribution in [1.82, 2.24) is 9.88 Å². The Labute approximate surface area is 158 Å². The van der Waals surface area contributed by atoms with Crippen LogP contribution in [0.25, 0.3) is 22.0 Å². The summed E-state index contributed by atoms with van der Waals surface area (Å²) in [5.74, 6) is 0.538. The second kappa shape index (κ2) is 6.46. The molecule has 1 unspecified atom stereocenters. The van der Waals surface area contributed by atoms with E-state index in [0.29, 0.717) is 18.7 Å². The van der Waals surface area contributed by atoms with Gasteiger partial charge in [0.15, 0.2) is 0 Å². The van der Waals surface area contributed by atoms with Crippen LogP contribution in [0.1, 0.15) is 23.2 Å². The van der Waals surface area contributed by atoms with E-state index in [0.717, 1.165) is 34.9 Å². The van der Waals surface area contributed by atoms with Crippen LogP contribution in [0.4, 0.5) is 0 Å². The van der Waals surface area contributed by atoms with Crippen molar-refractivity contribution in [3.8, 4) is 11.1 Å². The van der Waals surface area contributed by atoms with Gasteiger partial charge >= 0.3 is 0 Å². The van der Waals surface area contributed by atoms with E-state index in [1.54, 1.807) is 0 Å². The molecule has 1 saturated carbocycles. The Morgan fingerprint density at radius 3 is 2.56 bits per heavy atom. The number of rotatable bonds is 2. The molecule has 2 fully saturated rings. The highest BCUT2D eigenvalue weighted by molar-refractivity contribution is 5.96. The Kier molecular flexibility index (Phi) is 3.94. The maximum absolute atomic E-state index is 13.0. The molecule has 3 atom stereocenters. The van der Waals surface area contributed by atoms with Gasteiger partial charge in [0, 0.05) is 47.6 Å². The van der Waals surface area contributed by atoms with Crippen LogP contribution in [0.15, 0.2) is 60.8 Å². The molecule has 1 aromatic heterocycles. The first kappa shape index (κ1) is 16.5.